The van der Waals surface area contributed by atoms with Gasteiger partial charge in [-0.2, -0.15) is 0 Å². The van der Waals surface area contributed by atoms with E-state index in [9.17, 15) is 0 Å². The Kier molecular flexibility index (Phi) is 23.5. The average Bonchev–Trinajstić information content (AvgIpc) is 2.66. The van der Waals surface area contributed by atoms with Crippen LogP contribution in [0.2, 0.25) is 0 Å². The van der Waals surface area contributed by atoms with Crippen LogP contribution in [0.15, 0.2) is 25.3 Å². The monoisotopic (exact) mass is 374 g/mol. The Morgan fingerprint density at radius 2 is 0.615 bits per heavy atom. The van der Waals surface area contributed by atoms with Crippen LogP contribution in [-0.4, -0.2) is 79.3 Å². The molecule has 6 nitrogen and oxygen atoms in total. The fourth-order valence-electron chi connectivity index (χ4n) is 1.86. The normalized spacial score (nSPS) is 10.9. The molecule has 0 rings (SSSR count). The fourth-order valence-corrected chi connectivity index (χ4v) is 1.86. The number of unbranched alkanes of at least 4 members (excludes halogenated alkanes) is 2. The zero-order valence-corrected chi connectivity index (χ0v) is 16.3. The van der Waals surface area contributed by atoms with Crippen LogP contribution in [0.1, 0.15) is 25.7 Å². The van der Waals surface area contributed by atoms with Gasteiger partial charge in [0.1, 0.15) is 0 Å². The summed E-state index contributed by atoms with van der Waals surface area (Å²) in [5.41, 5.74) is 0. The lowest BCUT2D eigenvalue weighted by Crippen LogP contribution is -2.14. The first-order chi connectivity index (χ1) is 12.9. The molecule has 0 aromatic rings. The van der Waals surface area contributed by atoms with Crippen LogP contribution < -0.4 is 0 Å². The number of hydrogen-bond acceptors (Lipinski definition) is 6. The van der Waals surface area contributed by atoms with E-state index in [1.54, 1.807) is 0 Å². The van der Waals surface area contributed by atoms with Gasteiger partial charge in [-0.3, -0.25) is 0 Å². The Labute approximate surface area is 159 Å². The first-order valence-corrected chi connectivity index (χ1v) is 9.60. The van der Waals surface area contributed by atoms with Crippen LogP contribution in [0.3, 0.4) is 0 Å². The summed E-state index contributed by atoms with van der Waals surface area (Å²) in [7, 11) is 0. The molecule has 0 aliphatic rings. The molecular weight excluding hydrogens is 336 g/mol. The molecule has 0 saturated heterocycles. The van der Waals surface area contributed by atoms with E-state index in [-0.39, 0.29) is 0 Å². The third-order valence-electron chi connectivity index (χ3n) is 3.25. The molecule has 0 radical (unpaired) electrons. The molecule has 0 N–H and O–H groups in total. The smallest absolute Gasteiger partial charge is 0.0701 e. The van der Waals surface area contributed by atoms with Gasteiger partial charge in [0.05, 0.1) is 66.1 Å². The lowest BCUT2D eigenvalue weighted by Gasteiger charge is -2.08. The van der Waals surface area contributed by atoms with Gasteiger partial charge in [0.15, 0.2) is 0 Å². The van der Waals surface area contributed by atoms with Crippen molar-refractivity contribution in [2.75, 3.05) is 79.3 Å². The van der Waals surface area contributed by atoms with E-state index in [2.05, 4.69) is 13.2 Å². The Hall–Kier alpha value is -0.760. The van der Waals surface area contributed by atoms with E-state index >= 15 is 0 Å². The van der Waals surface area contributed by atoms with Gasteiger partial charge < -0.3 is 28.4 Å². The predicted octanol–water partition coefficient (Wildman–Crippen LogP) is 3.02. The van der Waals surface area contributed by atoms with Crippen molar-refractivity contribution < 1.29 is 28.4 Å². The molecule has 0 heterocycles. The van der Waals surface area contributed by atoms with Crippen LogP contribution in [0.4, 0.5) is 0 Å². The minimum atomic E-state index is 0.563. The molecular formula is C20H38O6. The summed E-state index contributed by atoms with van der Waals surface area (Å²) in [5.74, 6) is 0. The molecule has 6 heteroatoms. The Morgan fingerprint density at radius 1 is 0.385 bits per heavy atom. The minimum absolute atomic E-state index is 0.563. The molecule has 0 atom stereocenters. The zero-order chi connectivity index (χ0) is 19.0. The number of hydrogen-bond donors (Lipinski definition) is 0. The summed E-state index contributed by atoms with van der Waals surface area (Å²) in [6.07, 6.45) is 7.82. The summed E-state index contributed by atoms with van der Waals surface area (Å²) < 4.78 is 32.5. The van der Waals surface area contributed by atoms with Crippen LogP contribution in [0.5, 0.6) is 0 Å². The van der Waals surface area contributed by atoms with E-state index in [1.807, 2.05) is 12.2 Å². The number of rotatable bonds is 23. The molecule has 0 saturated carbocycles. The molecule has 0 spiro atoms. The minimum Gasteiger partial charge on any atom is -0.379 e. The predicted molar refractivity (Wildman–Crippen MR) is 104 cm³/mol. The second-order valence-corrected chi connectivity index (χ2v) is 5.54. The third-order valence-corrected chi connectivity index (χ3v) is 3.25. The molecule has 0 aliphatic carbocycles. The Morgan fingerprint density at radius 3 is 0.846 bits per heavy atom. The van der Waals surface area contributed by atoms with E-state index in [0.29, 0.717) is 66.1 Å². The lowest BCUT2D eigenvalue weighted by molar-refractivity contribution is -0.0168. The third kappa shape index (κ3) is 23.2. The molecule has 0 unspecified atom stereocenters. The standard InChI is InChI=1S/C20H38O6/c1-3-5-7-9-21-11-13-23-15-17-25-19-20-26-18-16-24-14-12-22-10-8-6-4-2/h3-4H,1-2,5-20H2. The maximum atomic E-state index is 5.42. The quantitative estimate of drug-likeness (QED) is 0.202. The molecule has 0 aromatic carbocycles. The summed E-state index contributed by atoms with van der Waals surface area (Å²) in [6, 6.07) is 0. The van der Waals surface area contributed by atoms with E-state index < -0.39 is 0 Å². The first-order valence-electron chi connectivity index (χ1n) is 9.60. The SMILES string of the molecule is C=CCCCOCCOCCOCCOCCOCCOCCCC=C. The second-order valence-electron chi connectivity index (χ2n) is 5.54. The van der Waals surface area contributed by atoms with Gasteiger partial charge in [0, 0.05) is 13.2 Å². The van der Waals surface area contributed by atoms with E-state index in [0.717, 1.165) is 38.9 Å². The Bertz CT molecular complexity index is 257. The summed E-state index contributed by atoms with van der Waals surface area (Å²) in [4.78, 5) is 0. The fraction of sp³-hybridized carbons (Fsp3) is 0.800. The highest BCUT2D eigenvalue weighted by Crippen LogP contribution is 1.91. The number of allylic oxidation sites excluding steroid dienone is 2. The molecule has 0 bridgehead atoms. The van der Waals surface area contributed by atoms with Crippen molar-refractivity contribution in [3.63, 3.8) is 0 Å². The maximum absolute atomic E-state index is 5.42. The van der Waals surface area contributed by atoms with Gasteiger partial charge in [0.2, 0.25) is 0 Å². The van der Waals surface area contributed by atoms with Crippen molar-refractivity contribution in [2.45, 2.75) is 25.7 Å². The van der Waals surface area contributed by atoms with Gasteiger partial charge in [-0.15, -0.1) is 13.2 Å². The highest BCUT2D eigenvalue weighted by atomic mass is 16.6. The van der Waals surface area contributed by atoms with Crippen molar-refractivity contribution in [1.82, 2.24) is 0 Å². The zero-order valence-electron chi connectivity index (χ0n) is 16.3. The van der Waals surface area contributed by atoms with Crippen LogP contribution in [0.25, 0.3) is 0 Å². The van der Waals surface area contributed by atoms with Gasteiger partial charge in [-0.25, -0.2) is 0 Å². The van der Waals surface area contributed by atoms with Crippen molar-refractivity contribution in [3.8, 4) is 0 Å². The number of ether oxygens (including phenoxy) is 6. The van der Waals surface area contributed by atoms with Crippen LogP contribution in [0, 0.1) is 0 Å². The highest BCUT2D eigenvalue weighted by molar-refractivity contribution is 4.65. The van der Waals surface area contributed by atoms with Crippen LogP contribution >= 0.6 is 0 Å². The van der Waals surface area contributed by atoms with E-state index in [4.69, 9.17) is 28.4 Å². The molecule has 0 amide bonds. The van der Waals surface area contributed by atoms with Gasteiger partial charge in [0.25, 0.3) is 0 Å². The summed E-state index contributed by atoms with van der Waals surface area (Å²) in [5, 5.41) is 0. The highest BCUT2D eigenvalue weighted by Gasteiger charge is 1.94. The van der Waals surface area contributed by atoms with Crippen LogP contribution in [-0.2, 0) is 28.4 Å². The second kappa shape index (κ2) is 24.2. The van der Waals surface area contributed by atoms with Crippen molar-refractivity contribution in [1.29, 1.82) is 0 Å². The van der Waals surface area contributed by atoms with Gasteiger partial charge in [-0.1, -0.05) is 12.2 Å². The lowest BCUT2D eigenvalue weighted by atomic mass is 10.3. The summed E-state index contributed by atoms with van der Waals surface area (Å²) >= 11 is 0. The van der Waals surface area contributed by atoms with Gasteiger partial charge >= 0.3 is 0 Å². The van der Waals surface area contributed by atoms with Gasteiger partial charge in [-0.05, 0) is 25.7 Å². The molecule has 0 aliphatic heterocycles. The molecule has 0 aromatic heterocycles. The molecule has 26 heavy (non-hydrogen) atoms. The molecule has 0 fully saturated rings. The average molecular weight is 375 g/mol. The van der Waals surface area contributed by atoms with Crippen molar-refractivity contribution >= 4 is 0 Å². The summed E-state index contributed by atoms with van der Waals surface area (Å²) in [6.45, 7) is 14.7. The Balaban J connectivity index is 2.96. The van der Waals surface area contributed by atoms with E-state index in [1.165, 1.54) is 0 Å². The van der Waals surface area contributed by atoms with Crippen molar-refractivity contribution in [2.24, 2.45) is 0 Å². The maximum Gasteiger partial charge on any atom is 0.0701 e. The first kappa shape index (κ1) is 25.2. The molecule has 154 valence electrons. The topological polar surface area (TPSA) is 55.4 Å². The largest absolute Gasteiger partial charge is 0.379 e. The van der Waals surface area contributed by atoms with Crippen molar-refractivity contribution in [3.05, 3.63) is 25.3 Å².